The Kier molecular flexibility index (Phi) is 4.59. The third-order valence-corrected chi connectivity index (χ3v) is 3.97. The summed E-state index contributed by atoms with van der Waals surface area (Å²) < 4.78 is 1.68. The fraction of sp³-hybridized carbons (Fsp3) is 0.769. The molecule has 0 atom stereocenters. The van der Waals surface area contributed by atoms with Gasteiger partial charge < -0.3 is 10.2 Å². The number of likely N-dealkylation sites (tertiary alicyclic amines) is 1. The van der Waals surface area contributed by atoms with Crippen molar-refractivity contribution in [2.75, 3.05) is 32.0 Å². The monoisotopic (exact) mass is 281 g/mol. The van der Waals surface area contributed by atoms with Crippen LogP contribution in [0.2, 0.25) is 0 Å². The van der Waals surface area contributed by atoms with Crippen LogP contribution in [-0.4, -0.2) is 46.3 Å². The fourth-order valence-corrected chi connectivity index (χ4v) is 2.70. The number of nitrogens with one attached hydrogen (secondary N) is 1. The van der Waals surface area contributed by atoms with Gasteiger partial charge in [-0.2, -0.15) is 5.10 Å². The summed E-state index contributed by atoms with van der Waals surface area (Å²) in [5.74, 6) is 1.13. The summed E-state index contributed by atoms with van der Waals surface area (Å²) in [4.78, 5) is 13.1. The number of rotatable bonds is 5. The van der Waals surface area contributed by atoms with Gasteiger partial charge in [-0.15, -0.1) is 0 Å². The number of piperidine rings is 1. The van der Waals surface area contributed by atoms with Crippen LogP contribution >= 0.6 is 0 Å². The molecule has 1 aromatic rings. The lowest BCUT2D eigenvalue weighted by Gasteiger charge is -2.29. The van der Waals surface area contributed by atoms with E-state index in [0.29, 0.717) is 24.0 Å². The first-order valence-corrected chi connectivity index (χ1v) is 7.17. The first kappa shape index (κ1) is 14.8. The number of anilines is 1. The van der Waals surface area contributed by atoms with Gasteiger partial charge in [0.2, 0.25) is 5.82 Å². The van der Waals surface area contributed by atoms with Gasteiger partial charge in [-0.1, -0.05) is 0 Å². The molecule has 2 heterocycles. The van der Waals surface area contributed by atoms with Crippen molar-refractivity contribution in [1.82, 2.24) is 14.7 Å². The van der Waals surface area contributed by atoms with E-state index in [1.807, 2.05) is 6.92 Å². The Morgan fingerprint density at radius 1 is 1.45 bits per heavy atom. The van der Waals surface area contributed by atoms with Crippen molar-refractivity contribution in [1.29, 1.82) is 0 Å². The maximum atomic E-state index is 11.2. The molecule has 0 bridgehead atoms. The number of hydrogen-bond acceptors (Lipinski definition) is 5. The molecule has 0 unspecified atom stereocenters. The van der Waals surface area contributed by atoms with E-state index >= 15 is 0 Å². The molecule has 1 N–H and O–H groups in total. The van der Waals surface area contributed by atoms with Crippen molar-refractivity contribution in [2.24, 2.45) is 5.92 Å². The van der Waals surface area contributed by atoms with Crippen molar-refractivity contribution in [3.63, 3.8) is 0 Å². The Balaban J connectivity index is 2.06. The summed E-state index contributed by atoms with van der Waals surface area (Å²) >= 11 is 0. The van der Waals surface area contributed by atoms with Gasteiger partial charge in [-0.25, -0.2) is 4.68 Å². The minimum atomic E-state index is -0.342. The average Bonchev–Trinajstić information content (AvgIpc) is 2.74. The summed E-state index contributed by atoms with van der Waals surface area (Å²) in [7, 11) is 2.13. The third-order valence-electron chi connectivity index (χ3n) is 3.97. The first-order valence-electron chi connectivity index (χ1n) is 7.17. The second-order valence-electron chi connectivity index (χ2n) is 5.48. The van der Waals surface area contributed by atoms with Gasteiger partial charge in [0.15, 0.2) is 0 Å². The maximum absolute atomic E-state index is 11.2. The molecule has 0 saturated carbocycles. The molecule has 20 heavy (non-hydrogen) atoms. The Morgan fingerprint density at radius 2 is 2.10 bits per heavy atom. The largest absolute Gasteiger partial charge is 0.364 e. The molecule has 0 radical (unpaired) electrons. The highest BCUT2D eigenvalue weighted by atomic mass is 16.6. The summed E-state index contributed by atoms with van der Waals surface area (Å²) in [5, 5.41) is 18.7. The third kappa shape index (κ3) is 3.09. The molecule has 0 amide bonds. The smallest absolute Gasteiger partial charge is 0.333 e. The second kappa shape index (κ2) is 6.21. The topological polar surface area (TPSA) is 76.2 Å². The van der Waals surface area contributed by atoms with Crippen LogP contribution < -0.4 is 5.32 Å². The minimum absolute atomic E-state index is 0.111. The van der Waals surface area contributed by atoms with Gasteiger partial charge in [0.25, 0.3) is 0 Å². The van der Waals surface area contributed by atoms with E-state index in [0.717, 1.165) is 32.5 Å². The minimum Gasteiger partial charge on any atom is -0.364 e. The van der Waals surface area contributed by atoms with Crippen LogP contribution in [0.5, 0.6) is 0 Å². The molecule has 7 nitrogen and oxygen atoms in total. The molecule has 1 aromatic heterocycles. The maximum Gasteiger partial charge on any atom is 0.333 e. The van der Waals surface area contributed by atoms with Gasteiger partial charge in [0.1, 0.15) is 5.69 Å². The fourth-order valence-electron chi connectivity index (χ4n) is 2.70. The lowest BCUT2D eigenvalue weighted by Crippen LogP contribution is -2.33. The molecule has 1 aliphatic heterocycles. The molecule has 1 fully saturated rings. The van der Waals surface area contributed by atoms with Crippen LogP contribution in [0.25, 0.3) is 0 Å². The molecule has 2 rings (SSSR count). The number of nitro groups is 1. The molecule has 1 aliphatic rings. The zero-order valence-electron chi connectivity index (χ0n) is 12.4. The summed E-state index contributed by atoms with van der Waals surface area (Å²) in [6, 6.07) is 0. The average molecular weight is 281 g/mol. The highest BCUT2D eigenvalue weighted by Crippen LogP contribution is 2.29. The SMILES string of the molecule is CCn1nc(C)c([N+](=O)[O-])c1NCC1CCN(C)CC1. The molecule has 1 saturated heterocycles. The van der Waals surface area contributed by atoms with E-state index in [1.54, 1.807) is 11.6 Å². The first-order chi connectivity index (χ1) is 9.52. The van der Waals surface area contributed by atoms with E-state index in [2.05, 4.69) is 22.4 Å². The van der Waals surface area contributed by atoms with E-state index < -0.39 is 0 Å². The van der Waals surface area contributed by atoms with Gasteiger partial charge in [0, 0.05) is 13.1 Å². The standard InChI is InChI=1S/C13H23N5O2/c1-4-17-13(12(18(19)20)10(2)15-17)14-9-11-5-7-16(3)8-6-11/h11,14H,4-9H2,1-3H3. The van der Waals surface area contributed by atoms with Crippen molar-refractivity contribution in [2.45, 2.75) is 33.2 Å². The van der Waals surface area contributed by atoms with Crippen LogP contribution in [0.3, 0.4) is 0 Å². The van der Waals surface area contributed by atoms with Gasteiger partial charge in [-0.05, 0) is 52.7 Å². The Hall–Kier alpha value is -1.63. The molecule has 0 aliphatic carbocycles. The van der Waals surface area contributed by atoms with Gasteiger partial charge in [0.05, 0.1) is 4.92 Å². The molecular weight excluding hydrogens is 258 g/mol. The van der Waals surface area contributed by atoms with Crippen molar-refractivity contribution in [3.8, 4) is 0 Å². The summed E-state index contributed by atoms with van der Waals surface area (Å²) in [6.45, 7) is 7.23. The van der Waals surface area contributed by atoms with E-state index in [4.69, 9.17) is 0 Å². The van der Waals surface area contributed by atoms with Crippen LogP contribution in [0.15, 0.2) is 0 Å². The molecule has 112 valence electrons. The predicted octanol–water partition coefficient (Wildman–Crippen LogP) is 1.87. The van der Waals surface area contributed by atoms with Crippen LogP contribution in [0.1, 0.15) is 25.5 Å². The molecule has 0 aromatic carbocycles. The summed E-state index contributed by atoms with van der Waals surface area (Å²) in [5.41, 5.74) is 0.586. The predicted molar refractivity (Wildman–Crippen MR) is 78.0 cm³/mol. The van der Waals surface area contributed by atoms with Gasteiger partial charge >= 0.3 is 5.69 Å². The highest BCUT2D eigenvalue weighted by molar-refractivity contribution is 5.59. The zero-order valence-corrected chi connectivity index (χ0v) is 12.4. The van der Waals surface area contributed by atoms with Gasteiger partial charge in [-0.3, -0.25) is 10.1 Å². The number of hydrogen-bond donors (Lipinski definition) is 1. The van der Waals surface area contributed by atoms with Crippen molar-refractivity contribution in [3.05, 3.63) is 15.8 Å². The Labute approximate surface area is 119 Å². The highest BCUT2D eigenvalue weighted by Gasteiger charge is 2.25. The molecular formula is C13H23N5O2. The van der Waals surface area contributed by atoms with Crippen molar-refractivity contribution < 1.29 is 4.92 Å². The van der Waals surface area contributed by atoms with E-state index in [-0.39, 0.29) is 10.6 Å². The Morgan fingerprint density at radius 3 is 2.65 bits per heavy atom. The second-order valence-corrected chi connectivity index (χ2v) is 5.48. The van der Waals surface area contributed by atoms with Crippen LogP contribution in [0, 0.1) is 23.0 Å². The number of aromatic nitrogens is 2. The molecule has 0 spiro atoms. The number of nitrogens with zero attached hydrogens (tertiary/aromatic N) is 4. The van der Waals surface area contributed by atoms with Crippen molar-refractivity contribution >= 4 is 11.5 Å². The van der Waals surface area contributed by atoms with E-state index in [1.165, 1.54) is 0 Å². The summed E-state index contributed by atoms with van der Waals surface area (Å²) in [6.07, 6.45) is 2.27. The quantitative estimate of drug-likeness (QED) is 0.658. The lowest BCUT2D eigenvalue weighted by molar-refractivity contribution is -0.384. The zero-order chi connectivity index (χ0) is 14.7. The van der Waals surface area contributed by atoms with E-state index in [9.17, 15) is 10.1 Å². The van der Waals surface area contributed by atoms with Crippen LogP contribution in [-0.2, 0) is 6.54 Å². The normalized spacial score (nSPS) is 17.4. The molecule has 7 heteroatoms. The Bertz CT molecular complexity index is 477. The van der Waals surface area contributed by atoms with Crippen LogP contribution in [0.4, 0.5) is 11.5 Å². The lowest BCUT2D eigenvalue weighted by atomic mass is 9.97. The number of aryl methyl sites for hydroxylation is 2.